The van der Waals surface area contributed by atoms with E-state index in [2.05, 4.69) is 15.4 Å². The first-order valence-electron chi connectivity index (χ1n) is 10.6. The minimum absolute atomic E-state index is 0.0225. The van der Waals surface area contributed by atoms with E-state index in [9.17, 15) is 22.4 Å². The second-order valence-corrected chi connectivity index (χ2v) is 9.48. The lowest BCUT2D eigenvalue weighted by molar-refractivity contribution is -0.120. The van der Waals surface area contributed by atoms with Crippen LogP contribution in [0.15, 0.2) is 71.6 Å². The van der Waals surface area contributed by atoms with Crippen molar-refractivity contribution >= 4 is 27.5 Å². The summed E-state index contributed by atoms with van der Waals surface area (Å²) < 4.78 is 41.6. The molecule has 3 N–H and O–H groups in total. The Morgan fingerprint density at radius 2 is 1.62 bits per heavy atom. The molecule has 0 heterocycles. The van der Waals surface area contributed by atoms with Gasteiger partial charge < -0.3 is 10.6 Å². The molecule has 34 heavy (non-hydrogen) atoms. The number of rotatable bonds is 9. The highest BCUT2D eigenvalue weighted by molar-refractivity contribution is 7.92. The molecule has 0 fully saturated rings. The van der Waals surface area contributed by atoms with E-state index in [0.717, 1.165) is 5.56 Å². The molecule has 0 aliphatic heterocycles. The third-order valence-corrected chi connectivity index (χ3v) is 6.54. The van der Waals surface area contributed by atoms with Crippen molar-refractivity contribution in [2.24, 2.45) is 0 Å². The molecule has 3 aromatic carbocycles. The van der Waals surface area contributed by atoms with E-state index in [1.54, 1.807) is 44.2 Å². The van der Waals surface area contributed by atoms with Crippen molar-refractivity contribution in [1.82, 2.24) is 10.6 Å². The molecule has 0 unspecified atom stereocenters. The fourth-order valence-electron chi connectivity index (χ4n) is 3.33. The van der Waals surface area contributed by atoms with Crippen molar-refractivity contribution in [3.05, 3.63) is 94.8 Å². The number of halogens is 1. The Labute approximate surface area is 198 Å². The summed E-state index contributed by atoms with van der Waals surface area (Å²) in [6, 6.07) is 17.2. The number of carbonyl (C=O) groups excluding carboxylic acids is 2. The predicted molar refractivity (Wildman–Crippen MR) is 129 cm³/mol. The highest BCUT2D eigenvalue weighted by atomic mass is 32.2. The summed E-state index contributed by atoms with van der Waals surface area (Å²) in [6.45, 7) is 3.80. The van der Waals surface area contributed by atoms with Crippen LogP contribution in [0.25, 0.3) is 0 Å². The minimum atomic E-state index is -3.91. The molecule has 3 rings (SSSR count). The van der Waals surface area contributed by atoms with Crippen LogP contribution < -0.4 is 15.4 Å². The van der Waals surface area contributed by atoms with Crippen molar-refractivity contribution in [3.8, 4) is 0 Å². The zero-order valence-electron chi connectivity index (χ0n) is 18.9. The van der Waals surface area contributed by atoms with Crippen molar-refractivity contribution in [1.29, 1.82) is 0 Å². The predicted octanol–water partition coefficient (Wildman–Crippen LogP) is 3.33. The Kier molecular flexibility index (Phi) is 8.01. The smallest absolute Gasteiger partial charge is 0.262 e. The quantitative estimate of drug-likeness (QED) is 0.406. The maximum absolute atomic E-state index is 13.2. The Balaban J connectivity index is 1.59. The van der Waals surface area contributed by atoms with Gasteiger partial charge in [-0.05, 0) is 60.9 Å². The number of anilines is 1. The molecule has 2 amide bonds. The van der Waals surface area contributed by atoms with Gasteiger partial charge in [0, 0.05) is 13.1 Å². The average Bonchev–Trinajstić information content (AvgIpc) is 2.78. The maximum atomic E-state index is 13.2. The summed E-state index contributed by atoms with van der Waals surface area (Å²) >= 11 is 0. The Bertz CT molecular complexity index is 1310. The van der Waals surface area contributed by atoms with Gasteiger partial charge >= 0.3 is 0 Å². The summed E-state index contributed by atoms with van der Waals surface area (Å²) in [5.41, 5.74) is 2.25. The normalized spacial score (nSPS) is 11.0. The first-order chi connectivity index (χ1) is 16.2. The largest absolute Gasteiger partial charge is 0.354 e. The number of benzene rings is 3. The molecule has 0 saturated heterocycles. The van der Waals surface area contributed by atoms with Gasteiger partial charge in [0.2, 0.25) is 5.91 Å². The van der Waals surface area contributed by atoms with Crippen molar-refractivity contribution in [2.45, 2.75) is 25.2 Å². The molecule has 0 aliphatic carbocycles. The van der Waals surface area contributed by atoms with Crippen molar-refractivity contribution in [2.75, 3.05) is 17.8 Å². The zero-order valence-corrected chi connectivity index (χ0v) is 19.7. The molecule has 9 heteroatoms. The Morgan fingerprint density at radius 3 is 2.38 bits per heavy atom. The summed E-state index contributed by atoms with van der Waals surface area (Å²) in [4.78, 5) is 24.8. The second kappa shape index (κ2) is 10.9. The standard InChI is InChI=1S/C25H26FN3O4S/c1-17-10-11-18(2)23(14-17)34(32,33)29-22-9-4-3-8-21(22)25(31)28-13-12-27-24(30)16-19-6-5-7-20(26)15-19/h3-11,14-15,29H,12-13,16H2,1-2H3,(H,27,30)(H,28,31). The molecule has 178 valence electrons. The molecule has 3 aromatic rings. The molecular weight excluding hydrogens is 457 g/mol. The van der Waals surface area contributed by atoms with E-state index in [0.29, 0.717) is 11.1 Å². The summed E-state index contributed by atoms with van der Waals surface area (Å²) in [6.07, 6.45) is 0.0225. The fraction of sp³-hybridized carbons (Fsp3) is 0.200. The third-order valence-electron chi connectivity index (χ3n) is 5.04. The zero-order chi connectivity index (χ0) is 24.7. The van der Waals surface area contributed by atoms with E-state index in [-0.39, 0.29) is 41.6 Å². The summed E-state index contributed by atoms with van der Waals surface area (Å²) in [5, 5.41) is 5.32. The molecule has 7 nitrogen and oxygen atoms in total. The lowest BCUT2D eigenvalue weighted by atomic mass is 10.1. The van der Waals surface area contributed by atoms with Crippen LogP contribution in [0.1, 0.15) is 27.0 Å². The van der Waals surface area contributed by atoms with Crippen molar-refractivity contribution < 1.29 is 22.4 Å². The van der Waals surface area contributed by atoms with Crippen molar-refractivity contribution in [3.63, 3.8) is 0 Å². The van der Waals surface area contributed by atoms with Gasteiger partial charge in [-0.15, -0.1) is 0 Å². The number of nitrogens with one attached hydrogen (secondary N) is 3. The molecule has 0 atom stereocenters. The lowest BCUT2D eigenvalue weighted by Crippen LogP contribution is -2.35. The maximum Gasteiger partial charge on any atom is 0.262 e. The van der Waals surface area contributed by atoms with Crippen LogP contribution in [0.2, 0.25) is 0 Å². The number of amides is 2. The van der Waals surface area contributed by atoms with Crippen LogP contribution in [-0.2, 0) is 21.2 Å². The topological polar surface area (TPSA) is 104 Å². The molecule has 0 spiro atoms. The number of sulfonamides is 1. The van der Waals surface area contributed by atoms with Crippen LogP contribution in [0.4, 0.5) is 10.1 Å². The van der Waals surface area contributed by atoms with Gasteiger partial charge in [0.05, 0.1) is 22.6 Å². The molecule has 0 aromatic heterocycles. The molecule has 0 saturated carbocycles. The van der Waals surface area contributed by atoms with E-state index in [1.807, 2.05) is 6.07 Å². The van der Waals surface area contributed by atoms with Crippen LogP contribution in [0.5, 0.6) is 0 Å². The monoisotopic (exact) mass is 483 g/mol. The SMILES string of the molecule is Cc1ccc(C)c(S(=O)(=O)Nc2ccccc2C(=O)NCCNC(=O)Cc2cccc(F)c2)c1. The molecular formula is C25H26FN3O4S. The number of hydrogen-bond donors (Lipinski definition) is 3. The fourth-order valence-corrected chi connectivity index (χ4v) is 4.75. The van der Waals surface area contributed by atoms with E-state index >= 15 is 0 Å². The van der Waals surface area contributed by atoms with Gasteiger partial charge in [-0.1, -0.05) is 36.4 Å². The van der Waals surface area contributed by atoms with Crippen LogP contribution in [-0.4, -0.2) is 33.3 Å². The van der Waals surface area contributed by atoms with Gasteiger partial charge in [-0.3, -0.25) is 14.3 Å². The van der Waals surface area contributed by atoms with E-state index in [4.69, 9.17) is 0 Å². The minimum Gasteiger partial charge on any atom is -0.354 e. The Hall–Kier alpha value is -3.72. The molecule has 0 radical (unpaired) electrons. The van der Waals surface area contributed by atoms with E-state index in [1.165, 1.54) is 30.3 Å². The first kappa shape index (κ1) is 24.9. The van der Waals surface area contributed by atoms with Gasteiger partial charge in [0.1, 0.15) is 5.82 Å². The number of para-hydroxylation sites is 1. The molecule has 0 bridgehead atoms. The Morgan fingerprint density at radius 1 is 0.882 bits per heavy atom. The van der Waals surface area contributed by atoms with Gasteiger partial charge in [-0.2, -0.15) is 0 Å². The lowest BCUT2D eigenvalue weighted by Gasteiger charge is -2.14. The van der Waals surface area contributed by atoms with Crippen LogP contribution >= 0.6 is 0 Å². The number of aryl methyl sites for hydroxylation is 2. The number of hydrogen-bond acceptors (Lipinski definition) is 4. The summed E-state index contributed by atoms with van der Waals surface area (Å²) in [5.74, 6) is -1.20. The highest BCUT2D eigenvalue weighted by Crippen LogP contribution is 2.23. The van der Waals surface area contributed by atoms with E-state index < -0.39 is 21.7 Å². The third kappa shape index (κ3) is 6.64. The van der Waals surface area contributed by atoms with Gasteiger partial charge in [0.25, 0.3) is 15.9 Å². The molecule has 0 aliphatic rings. The first-order valence-corrected chi connectivity index (χ1v) is 12.1. The average molecular weight is 484 g/mol. The van der Waals surface area contributed by atoms with Gasteiger partial charge in [0.15, 0.2) is 0 Å². The summed E-state index contributed by atoms with van der Waals surface area (Å²) in [7, 11) is -3.91. The van der Waals surface area contributed by atoms with Gasteiger partial charge in [-0.25, -0.2) is 12.8 Å². The van der Waals surface area contributed by atoms with Crippen LogP contribution in [0, 0.1) is 19.7 Å². The second-order valence-electron chi connectivity index (χ2n) is 7.83. The highest BCUT2D eigenvalue weighted by Gasteiger charge is 2.20. The van der Waals surface area contributed by atoms with Crippen LogP contribution in [0.3, 0.4) is 0 Å². The number of carbonyl (C=O) groups is 2.